The van der Waals surface area contributed by atoms with Gasteiger partial charge in [-0.05, 0) is 12.1 Å². The molecule has 1 aromatic heterocycles. The highest BCUT2D eigenvalue weighted by atomic mass is 16.3. The zero-order valence-electron chi connectivity index (χ0n) is 5.82. The maximum absolute atomic E-state index is 5.23. The van der Waals surface area contributed by atoms with E-state index in [0.717, 1.165) is 11.1 Å². The molecule has 0 bridgehead atoms. The molecule has 0 fully saturated rings. The molecule has 0 saturated heterocycles. The fourth-order valence-corrected chi connectivity index (χ4v) is 0.961. The number of hydrogen-bond acceptors (Lipinski definition) is 3. The van der Waals surface area contributed by atoms with Gasteiger partial charge in [-0.25, -0.2) is 4.98 Å². The zero-order chi connectivity index (χ0) is 7.68. The first kappa shape index (κ1) is 6.37. The number of oxazole rings is 1. The quantitative estimate of drug-likeness (QED) is 0.661. The Morgan fingerprint density at radius 1 is 1.36 bits per heavy atom. The molecule has 0 saturated carbocycles. The Bertz CT molecular complexity index is 334. The maximum Gasteiger partial charge on any atom is 0.214 e. The number of hydrogen-bond donors (Lipinski definition) is 1. The highest BCUT2D eigenvalue weighted by Gasteiger charge is 2.01. The molecular formula is C8H7N2O. The zero-order valence-corrected chi connectivity index (χ0v) is 5.82. The SMILES string of the molecule is N[CH]c1nc2ccccc2o1. The molecule has 0 atom stereocenters. The van der Waals surface area contributed by atoms with Crippen LogP contribution in [0.15, 0.2) is 28.7 Å². The van der Waals surface area contributed by atoms with E-state index in [9.17, 15) is 0 Å². The topological polar surface area (TPSA) is 52.0 Å². The molecular weight excluding hydrogens is 140 g/mol. The van der Waals surface area contributed by atoms with Crippen LogP contribution in [0.3, 0.4) is 0 Å². The number of nitrogens with two attached hydrogens (primary N) is 1. The monoisotopic (exact) mass is 147 g/mol. The van der Waals surface area contributed by atoms with Crippen LogP contribution in [-0.2, 0) is 0 Å². The van der Waals surface area contributed by atoms with Crippen molar-refractivity contribution in [3.8, 4) is 0 Å². The Hall–Kier alpha value is -1.35. The number of rotatable bonds is 1. The molecule has 3 nitrogen and oxygen atoms in total. The summed E-state index contributed by atoms with van der Waals surface area (Å²) in [4.78, 5) is 4.08. The number of nitrogens with zero attached hydrogens (tertiary/aromatic N) is 1. The predicted octanol–water partition coefficient (Wildman–Crippen LogP) is 1.30. The number of fused-ring (bicyclic) bond motifs is 1. The number of benzene rings is 1. The van der Waals surface area contributed by atoms with Gasteiger partial charge in [0, 0.05) is 0 Å². The van der Waals surface area contributed by atoms with Crippen LogP contribution in [0.4, 0.5) is 0 Å². The van der Waals surface area contributed by atoms with Crippen LogP contribution < -0.4 is 5.73 Å². The van der Waals surface area contributed by atoms with Gasteiger partial charge in [0.1, 0.15) is 12.1 Å². The van der Waals surface area contributed by atoms with E-state index in [2.05, 4.69) is 4.98 Å². The first-order valence-corrected chi connectivity index (χ1v) is 3.30. The molecule has 2 rings (SSSR count). The third-order valence-corrected chi connectivity index (χ3v) is 1.45. The molecule has 0 spiro atoms. The maximum atomic E-state index is 5.23. The third kappa shape index (κ3) is 0.991. The first-order chi connectivity index (χ1) is 5.40. The summed E-state index contributed by atoms with van der Waals surface area (Å²) in [6.45, 7) is 1.35. The lowest BCUT2D eigenvalue weighted by Gasteiger charge is -1.80. The third-order valence-electron chi connectivity index (χ3n) is 1.45. The van der Waals surface area contributed by atoms with Crippen molar-refractivity contribution in [1.29, 1.82) is 0 Å². The van der Waals surface area contributed by atoms with Crippen molar-refractivity contribution in [2.24, 2.45) is 5.73 Å². The lowest BCUT2D eigenvalue weighted by Crippen LogP contribution is -1.91. The first-order valence-electron chi connectivity index (χ1n) is 3.30. The Kier molecular flexibility index (Phi) is 1.36. The van der Waals surface area contributed by atoms with Gasteiger partial charge >= 0.3 is 0 Å². The second kappa shape index (κ2) is 2.36. The molecule has 2 N–H and O–H groups in total. The lowest BCUT2D eigenvalue weighted by atomic mass is 10.3. The fraction of sp³-hybridized carbons (Fsp3) is 0. The Labute approximate surface area is 63.8 Å². The van der Waals surface area contributed by atoms with Gasteiger partial charge in [-0.15, -0.1) is 0 Å². The summed E-state index contributed by atoms with van der Waals surface area (Å²) in [7, 11) is 0. The minimum absolute atomic E-state index is 0.464. The van der Waals surface area contributed by atoms with Crippen molar-refractivity contribution in [2.75, 3.05) is 0 Å². The van der Waals surface area contributed by atoms with E-state index in [-0.39, 0.29) is 0 Å². The summed E-state index contributed by atoms with van der Waals surface area (Å²) in [6, 6.07) is 7.54. The minimum Gasteiger partial charge on any atom is -0.439 e. The van der Waals surface area contributed by atoms with Crippen molar-refractivity contribution in [3.63, 3.8) is 0 Å². The van der Waals surface area contributed by atoms with Gasteiger partial charge < -0.3 is 10.2 Å². The fourth-order valence-electron chi connectivity index (χ4n) is 0.961. The van der Waals surface area contributed by atoms with E-state index in [1.807, 2.05) is 24.3 Å². The highest BCUT2D eigenvalue weighted by molar-refractivity contribution is 5.72. The summed E-state index contributed by atoms with van der Waals surface area (Å²) in [5.74, 6) is 0.464. The molecule has 1 heterocycles. The molecule has 0 amide bonds. The largest absolute Gasteiger partial charge is 0.439 e. The molecule has 11 heavy (non-hydrogen) atoms. The van der Waals surface area contributed by atoms with E-state index in [0.29, 0.717) is 5.89 Å². The summed E-state index contributed by atoms with van der Waals surface area (Å²) >= 11 is 0. The van der Waals surface area contributed by atoms with Crippen molar-refractivity contribution >= 4 is 11.1 Å². The highest BCUT2D eigenvalue weighted by Crippen LogP contribution is 2.13. The molecule has 1 radical (unpaired) electrons. The predicted molar refractivity (Wildman–Crippen MR) is 41.6 cm³/mol. The van der Waals surface area contributed by atoms with E-state index >= 15 is 0 Å². The number of para-hydroxylation sites is 2. The normalized spacial score (nSPS) is 10.6. The summed E-state index contributed by atoms with van der Waals surface area (Å²) in [5.41, 5.74) is 6.84. The van der Waals surface area contributed by atoms with Crippen LogP contribution in [0.2, 0.25) is 0 Å². The molecule has 55 valence electrons. The summed E-state index contributed by atoms with van der Waals surface area (Å²) < 4.78 is 5.23. The van der Waals surface area contributed by atoms with Crippen molar-refractivity contribution < 1.29 is 4.42 Å². The Morgan fingerprint density at radius 2 is 2.18 bits per heavy atom. The van der Waals surface area contributed by atoms with Gasteiger partial charge in [0.25, 0.3) is 0 Å². The van der Waals surface area contributed by atoms with Crippen LogP contribution in [0.1, 0.15) is 5.89 Å². The molecule has 1 aromatic carbocycles. The van der Waals surface area contributed by atoms with Gasteiger partial charge in [-0.3, -0.25) is 0 Å². The van der Waals surface area contributed by atoms with Crippen molar-refractivity contribution in [3.05, 3.63) is 36.7 Å². The average molecular weight is 147 g/mol. The Morgan fingerprint density at radius 3 is 2.91 bits per heavy atom. The average Bonchev–Trinajstić information content (AvgIpc) is 2.46. The smallest absolute Gasteiger partial charge is 0.214 e. The molecule has 0 aliphatic rings. The second-order valence-corrected chi connectivity index (χ2v) is 2.19. The van der Waals surface area contributed by atoms with E-state index in [1.165, 1.54) is 6.54 Å². The van der Waals surface area contributed by atoms with Crippen LogP contribution in [0.25, 0.3) is 11.1 Å². The molecule has 0 aliphatic carbocycles. The van der Waals surface area contributed by atoms with Gasteiger partial charge in [-0.2, -0.15) is 0 Å². The lowest BCUT2D eigenvalue weighted by molar-refractivity contribution is 0.567. The van der Waals surface area contributed by atoms with E-state index in [4.69, 9.17) is 10.2 Å². The van der Waals surface area contributed by atoms with Crippen molar-refractivity contribution in [2.45, 2.75) is 0 Å². The van der Waals surface area contributed by atoms with Crippen LogP contribution >= 0.6 is 0 Å². The van der Waals surface area contributed by atoms with Crippen molar-refractivity contribution in [1.82, 2.24) is 4.98 Å². The number of aromatic nitrogens is 1. The summed E-state index contributed by atoms with van der Waals surface area (Å²) in [5, 5.41) is 0. The standard InChI is InChI=1S/C8H7N2O/c9-5-8-10-6-3-1-2-4-7(6)11-8/h1-5H,9H2. The van der Waals surface area contributed by atoms with Crippen LogP contribution in [-0.4, -0.2) is 4.98 Å². The van der Waals surface area contributed by atoms with Gasteiger partial charge in [0.05, 0.1) is 0 Å². The summed E-state index contributed by atoms with van der Waals surface area (Å²) in [6.07, 6.45) is 0. The molecule has 0 aliphatic heterocycles. The Balaban J connectivity index is 2.69. The van der Waals surface area contributed by atoms with E-state index < -0.39 is 0 Å². The van der Waals surface area contributed by atoms with Crippen LogP contribution in [0.5, 0.6) is 0 Å². The molecule has 0 unspecified atom stereocenters. The second-order valence-electron chi connectivity index (χ2n) is 2.19. The minimum atomic E-state index is 0.464. The van der Waals surface area contributed by atoms with Gasteiger partial charge in [0.15, 0.2) is 5.58 Å². The molecule has 3 heteroatoms. The molecule has 2 aromatic rings. The van der Waals surface area contributed by atoms with Crippen LogP contribution in [0, 0.1) is 6.54 Å². The van der Waals surface area contributed by atoms with Gasteiger partial charge in [0.2, 0.25) is 5.89 Å². The van der Waals surface area contributed by atoms with Gasteiger partial charge in [-0.1, -0.05) is 12.1 Å². The van der Waals surface area contributed by atoms with E-state index in [1.54, 1.807) is 0 Å².